The van der Waals surface area contributed by atoms with Crippen molar-refractivity contribution in [2.75, 3.05) is 5.32 Å². The quantitative estimate of drug-likeness (QED) is 0.803. The topological polar surface area (TPSA) is 106 Å². The maximum atomic E-state index is 12.1. The highest BCUT2D eigenvalue weighted by atomic mass is 32.2. The Morgan fingerprint density at radius 1 is 1.25 bits per heavy atom. The molecule has 0 saturated carbocycles. The van der Waals surface area contributed by atoms with Crippen molar-refractivity contribution in [3.63, 3.8) is 0 Å². The van der Waals surface area contributed by atoms with Crippen LogP contribution in [0.4, 0.5) is 5.69 Å². The van der Waals surface area contributed by atoms with Crippen LogP contribution in [0.3, 0.4) is 0 Å². The van der Waals surface area contributed by atoms with Gasteiger partial charge in [0.2, 0.25) is 10.0 Å². The third kappa shape index (κ3) is 4.09. The third-order valence-corrected chi connectivity index (χ3v) is 3.90. The summed E-state index contributed by atoms with van der Waals surface area (Å²) in [7, 11) is -3.66. The SMILES string of the molecule is CC(C)NS(=O)(=O)c1ccccc1NC=C(C#N)C#N. The van der Waals surface area contributed by atoms with Crippen LogP contribution >= 0.6 is 0 Å². The molecule has 0 heterocycles. The number of para-hydroxylation sites is 1. The molecule has 0 saturated heterocycles. The van der Waals surface area contributed by atoms with Gasteiger partial charge in [0.05, 0.1) is 5.69 Å². The van der Waals surface area contributed by atoms with Crippen molar-refractivity contribution in [3.05, 3.63) is 36.0 Å². The van der Waals surface area contributed by atoms with E-state index in [-0.39, 0.29) is 16.5 Å². The highest BCUT2D eigenvalue weighted by Crippen LogP contribution is 2.21. The van der Waals surface area contributed by atoms with Gasteiger partial charge in [0.1, 0.15) is 22.6 Å². The number of anilines is 1. The summed E-state index contributed by atoms with van der Waals surface area (Å²) in [5.74, 6) is 0. The van der Waals surface area contributed by atoms with Gasteiger partial charge < -0.3 is 5.32 Å². The van der Waals surface area contributed by atoms with Gasteiger partial charge in [-0.25, -0.2) is 13.1 Å². The van der Waals surface area contributed by atoms with E-state index in [2.05, 4.69) is 10.0 Å². The first kappa shape index (κ1) is 15.7. The first-order chi connectivity index (χ1) is 9.40. The molecule has 0 atom stereocenters. The average Bonchev–Trinajstić information content (AvgIpc) is 2.39. The lowest BCUT2D eigenvalue weighted by molar-refractivity contribution is 0.570. The predicted molar refractivity (Wildman–Crippen MR) is 74.8 cm³/mol. The number of nitrogens with one attached hydrogen (secondary N) is 2. The van der Waals surface area contributed by atoms with Gasteiger partial charge >= 0.3 is 0 Å². The van der Waals surface area contributed by atoms with Crippen LogP contribution in [0.1, 0.15) is 13.8 Å². The van der Waals surface area contributed by atoms with Crippen LogP contribution in [0.2, 0.25) is 0 Å². The first-order valence-electron chi connectivity index (χ1n) is 5.79. The van der Waals surface area contributed by atoms with Crippen LogP contribution in [0.25, 0.3) is 0 Å². The van der Waals surface area contributed by atoms with Crippen LogP contribution in [0, 0.1) is 22.7 Å². The molecule has 104 valence electrons. The van der Waals surface area contributed by atoms with Gasteiger partial charge in [0.25, 0.3) is 0 Å². The number of hydrogen-bond donors (Lipinski definition) is 2. The summed E-state index contributed by atoms with van der Waals surface area (Å²) < 4.78 is 26.8. The summed E-state index contributed by atoms with van der Waals surface area (Å²) >= 11 is 0. The normalized spacial score (nSPS) is 10.4. The molecule has 1 rings (SSSR count). The van der Waals surface area contributed by atoms with E-state index < -0.39 is 10.0 Å². The second kappa shape index (κ2) is 6.71. The van der Waals surface area contributed by atoms with Gasteiger partial charge in [-0.3, -0.25) is 0 Å². The summed E-state index contributed by atoms with van der Waals surface area (Å²) in [5, 5.41) is 19.9. The smallest absolute Gasteiger partial charge is 0.242 e. The Kier molecular flexibility index (Phi) is 5.27. The molecule has 1 aromatic carbocycles. The molecule has 0 aliphatic rings. The first-order valence-corrected chi connectivity index (χ1v) is 7.27. The fourth-order valence-electron chi connectivity index (χ4n) is 1.43. The van der Waals surface area contributed by atoms with Crippen LogP contribution in [-0.4, -0.2) is 14.5 Å². The van der Waals surface area contributed by atoms with Crippen molar-refractivity contribution < 1.29 is 8.42 Å². The van der Waals surface area contributed by atoms with Gasteiger partial charge in [-0.1, -0.05) is 12.1 Å². The molecule has 1 aromatic rings. The Hall–Kier alpha value is -2.35. The molecule has 6 nitrogen and oxygen atoms in total. The molecule has 0 spiro atoms. The highest BCUT2D eigenvalue weighted by molar-refractivity contribution is 7.89. The van der Waals surface area contributed by atoms with Crippen molar-refractivity contribution in [2.45, 2.75) is 24.8 Å². The van der Waals surface area contributed by atoms with Crippen LogP contribution in [0.15, 0.2) is 40.9 Å². The minimum atomic E-state index is -3.66. The molecule has 0 amide bonds. The van der Waals surface area contributed by atoms with E-state index in [1.54, 1.807) is 44.2 Å². The molecular formula is C13H14N4O2S. The molecule has 0 aliphatic carbocycles. The Morgan fingerprint density at radius 2 is 1.85 bits per heavy atom. The van der Waals surface area contributed by atoms with E-state index in [9.17, 15) is 8.42 Å². The lowest BCUT2D eigenvalue weighted by Gasteiger charge is -2.13. The number of nitrogens with zero attached hydrogens (tertiary/aromatic N) is 2. The Bertz CT molecular complexity index is 678. The molecule has 0 bridgehead atoms. The number of hydrogen-bond acceptors (Lipinski definition) is 5. The van der Waals surface area contributed by atoms with Gasteiger partial charge in [0.15, 0.2) is 0 Å². The van der Waals surface area contributed by atoms with E-state index >= 15 is 0 Å². The molecule has 0 unspecified atom stereocenters. The summed E-state index contributed by atoms with van der Waals surface area (Å²) in [6, 6.07) is 9.38. The maximum absolute atomic E-state index is 12.1. The van der Waals surface area contributed by atoms with Crippen LogP contribution in [0.5, 0.6) is 0 Å². The molecule has 0 radical (unpaired) electrons. The minimum Gasteiger partial charge on any atom is -0.359 e. The predicted octanol–water partition coefficient (Wildman–Crippen LogP) is 1.72. The fraction of sp³-hybridized carbons (Fsp3) is 0.231. The standard InChI is InChI=1S/C13H14N4O2S/c1-10(2)17-20(18,19)13-6-4-3-5-12(13)16-9-11(7-14)8-15/h3-6,9-10,16-17H,1-2H3. The summed E-state index contributed by atoms with van der Waals surface area (Å²) in [5.41, 5.74) is 0.151. The van der Waals surface area contributed by atoms with Crippen molar-refractivity contribution in [1.29, 1.82) is 10.5 Å². The minimum absolute atomic E-state index is 0.0557. The van der Waals surface area contributed by atoms with Crippen LogP contribution < -0.4 is 10.0 Å². The van der Waals surface area contributed by atoms with E-state index in [0.29, 0.717) is 5.69 Å². The van der Waals surface area contributed by atoms with Gasteiger partial charge in [-0.2, -0.15) is 10.5 Å². The van der Waals surface area contributed by atoms with Gasteiger partial charge in [0, 0.05) is 12.2 Å². The zero-order valence-electron chi connectivity index (χ0n) is 11.1. The molecular weight excluding hydrogens is 276 g/mol. The number of sulfonamides is 1. The Labute approximate surface area is 118 Å². The number of allylic oxidation sites excluding steroid dienone is 1. The van der Waals surface area contributed by atoms with Crippen molar-refractivity contribution >= 4 is 15.7 Å². The van der Waals surface area contributed by atoms with Gasteiger partial charge in [-0.05, 0) is 26.0 Å². The second-order valence-electron chi connectivity index (χ2n) is 4.20. The van der Waals surface area contributed by atoms with E-state index in [1.165, 1.54) is 12.3 Å². The molecule has 0 aliphatic heterocycles. The molecule has 0 aromatic heterocycles. The number of rotatable bonds is 5. The molecule has 7 heteroatoms. The van der Waals surface area contributed by atoms with E-state index in [1.807, 2.05) is 0 Å². The third-order valence-electron chi connectivity index (χ3n) is 2.18. The van der Waals surface area contributed by atoms with Gasteiger partial charge in [-0.15, -0.1) is 0 Å². The Morgan fingerprint density at radius 3 is 2.40 bits per heavy atom. The van der Waals surface area contributed by atoms with E-state index in [4.69, 9.17) is 10.5 Å². The highest BCUT2D eigenvalue weighted by Gasteiger charge is 2.18. The number of nitriles is 2. The van der Waals surface area contributed by atoms with Crippen LogP contribution in [-0.2, 0) is 10.0 Å². The zero-order chi connectivity index (χ0) is 15.2. The monoisotopic (exact) mass is 290 g/mol. The van der Waals surface area contributed by atoms with Crippen molar-refractivity contribution in [2.24, 2.45) is 0 Å². The summed E-state index contributed by atoms with van der Waals surface area (Å²) in [6.45, 7) is 3.44. The molecule has 20 heavy (non-hydrogen) atoms. The lowest BCUT2D eigenvalue weighted by Crippen LogP contribution is -2.30. The van der Waals surface area contributed by atoms with Crippen molar-refractivity contribution in [3.8, 4) is 12.1 Å². The molecule has 2 N–H and O–H groups in total. The molecule has 0 fully saturated rings. The fourth-order valence-corrected chi connectivity index (χ4v) is 2.86. The average molecular weight is 290 g/mol. The second-order valence-corrected chi connectivity index (χ2v) is 5.88. The Balaban J connectivity index is 3.17. The number of benzene rings is 1. The van der Waals surface area contributed by atoms with E-state index in [0.717, 1.165) is 0 Å². The summed E-state index contributed by atoms with van der Waals surface area (Å²) in [4.78, 5) is 0.0557. The largest absolute Gasteiger partial charge is 0.359 e. The lowest BCUT2D eigenvalue weighted by atomic mass is 10.3. The zero-order valence-corrected chi connectivity index (χ0v) is 11.9. The maximum Gasteiger partial charge on any atom is 0.242 e. The summed E-state index contributed by atoms with van der Waals surface area (Å²) in [6.07, 6.45) is 1.17. The van der Waals surface area contributed by atoms with Crippen molar-refractivity contribution in [1.82, 2.24) is 4.72 Å².